The number of halogens is 1. The number of para-hydroxylation sites is 1. The van der Waals surface area contributed by atoms with Crippen molar-refractivity contribution in [1.29, 1.82) is 0 Å². The molecule has 1 atom stereocenters. The summed E-state index contributed by atoms with van der Waals surface area (Å²) >= 11 is 6.23. The minimum atomic E-state index is -3.81. The zero-order chi connectivity index (χ0) is 24.0. The van der Waals surface area contributed by atoms with Crippen molar-refractivity contribution in [2.45, 2.75) is 51.2 Å². The molecule has 1 saturated carbocycles. The summed E-state index contributed by atoms with van der Waals surface area (Å²) in [6.07, 6.45) is 5.04. The minimum Gasteiger partial charge on any atom is -0.352 e. The average Bonchev–Trinajstić information content (AvgIpc) is 3.29. The molecule has 33 heavy (non-hydrogen) atoms. The summed E-state index contributed by atoms with van der Waals surface area (Å²) in [5.41, 5.74) is 1.06. The van der Waals surface area contributed by atoms with Gasteiger partial charge >= 0.3 is 0 Å². The second kappa shape index (κ2) is 11.0. The van der Waals surface area contributed by atoms with Gasteiger partial charge in [-0.25, -0.2) is 8.42 Å². The van der Waals surface area contributed by atoms with Crippen LogP contribution in [0.25, 0.3) is 0 Å². The molecule has 0 aromatic heterocycles. The molecule has 0 unspecified atom stereocenters. The summed E-state index contributed by atoms with van der Waals surface area (Å²) in [6.45, 7) is 1.39. The van der Waals surface area contributed by atoms with Crippen molar-refractivity contribution >= 4 is 39.1 Å². The quantitative estimate of drug-likeness (QED) is 0.580. The lowest BCUT2D eigenvalue weighted by Gasteiger charge is -2.32. The maximum atomic E-state index is 13.5. The molecule has 1 aliphatic rings. The molecular formula is C24H30ClN3O4S. The highest BCUT2D eigenvalue weighted by Gasteiger charge is 2.31. The molecule has 1 fully saturated rings. The van der Waals surface area contributed by atoms with Crippen LogP contribution in [0, 0.1) is 0 Å². The Bertz CT molecular complexity index is 1070. The molecule has 0 saturated heterocycles. The molecule has 2 aromatic rings. The number of anilines is 1. The molecule has 9 heteroatoms. The third kappa shape index (κ3) is 6.71. The van der Waals surface area contributed by atoms with Crippen LogP contribution >= 0.6 is 11.6 Å². The van der Waals surface area contributed by atoms with E-state index in [1.54, 1.807) is 31.2 Å². The summed E-state index contributed by atoms with van der Waals surface area (Å²) in [5.74, 6) is -0.729. The second-order valence-corrected chi connectivity index (χ2v) is 10.7. The smallest absolute Gasteiger partial charge is 0.244 e. The summed E-state index contributed by atoms with van der Waals surface area (Å²) in [6, 6.07) is 15.1. The van der Waals surface area contributed by atoms with Crippen LogP contribution in [0.5, 0.6) is 0 Å². The van der Waals surface area contributed by atoms with Gasteiger partial charge in [-0.15, -0.1) is 0 Å². The maximum absolute atomic E-state index is 13.5. The predicted molar refractivity (Wildman–Crippen MR) is 130 cm³/mol. The fraction of sp³-hybridized carbons (Fsp3) is 0.417. The zero-order valence-electron chi connectivity index (χ0n) is 18.9. The van der Waals surface area contributed by atoms with Crippen molar-refractivity contribution in [1.82, 2.24) is 10.2 Å². The average molecular weight is 492 g/mol. The third-order valence-electron chi connectivity index (χ3n) is 5.86. The van der Waals surface area contributed by atoms with Crippen molar-refractivity contribution in [2.24, 2.45) is 0 Å². The number of rotatable bonds is 9. The van der Waals surface area contributed by atoms with Gasteiger partial charge in [0, 0.05) is 12.6 Å². The van der Waals surface area contributed by atoms with Gasteiger partial charge in [-0.05, 0) is 37.5 Å². The van der Waals surface area contributed by atoms with Gasteiger partial charge in [-0.3, -0.25) is 13.9 Å². The monoisotopic (exact) mass is 491 g/mol. The van der Waals surface area contributed by atoms with E-state index < -0.39 is 28.5 Å². The summed E-state index contributed by atoms with van der Waals surface area (Å²) < 4.78 is 26.1. The van der Waals surface area contributed by atoms with Gasteiger partial charge in [0.25, 0.3) is 0 Å². The van der Waals surface area contributed by atoms with Gasteiger partial charge < -0.3 is 10.2 Å². The van der Waals surface area contributed by atoms with Crippen LogP contribution < -0.4 is 9.62 Å². The van der Waals surface area contributed by atoms with Crippen molar-refractivity contribution in [2.75, 3.05) is 17.1 Å². The first-order valence-electron chi connectivity index (χ1n) is 11.0. The second-order valence-electron chi connectivity index (χ2n) is 8.39. The number of nitrogens with zero attached hydrogens (tertiary/aromatic N) is 2. The maximum Gasteiger partial charge on any atom is 0.244 e. The van der Waals surface area contributed by atoms with Gasteiger partial charge in [-0.1, -0.05) is 66.9 Å². The lowest BCUT2D eigenvalue weighted by atomic mass is 10.1. The lowest BCUT2D eigenvalue weighted by molar-refractivity contribution is -0.139. The lowest BCUT2D eigenvalue weighted by Crippen LogP contribution is -2.52. The first-order chi connectivity index (χ1) is 15.7. The Kier molecular flexibility index (Phi) is 8.37. The summed E-state index contributed by atoms with van der Waals surface area (Å²) in [4.78, 5) is 27.9. The number of carbonyl (C=O) groups is 2. The van der Waals surface area contributed by atoms with Gasteiger partial charge in [-0.2, -0.15) is 0 Å². The molecule has 0 bridgehead atoms. The Morgan fingerprint density at radius 1 is 1.06 bits per heavy atom. The molecule has 2 amide bonds. The normalized spacial score (nSPS) is 15.1. The molecule has 1 aliphatic carbocycles. The number of sulfonamides is 1. The van der Waals surface area contributed by atoms with Gasteiger partial charge in [0.1, 0.15) is 12.6 Å². The van der Waals surface area contributed by atoms with Crippen LogP contribution in [0.4, 0.5) is 5.69 Å². The summed E-state index contributed by atoms with van der Waals surface area (Å²) in [5, 5.41) is 3.26. The van der Waals surface area contributed by atoms with E-state index in [-0.39, 0.29) is 29.2 Å². The van der Waals surface area contributed by atoms with Crippen LogP contribution in [-0.4, -0.2) is 50.0 Å². The SMILES string of the molecule is C[C@H](C(=O)NC1CCCC1)N(Cc1ccccc1)C(=O)CN(c1ccccc1Cl)S(C)(=O)=O. The molecule has 7 nitrogen and oxygen atoms in total. The van der Waals surface area contributed by atoms with E-state index in [0.717, 1.165) is 41.8 Å². The van der Waals surface area contributed by atoms with Crippen LogP contribution in [0.15, 0.2) is 54.6 Å². The van der Waals surface area contributed by atoms with E-state index >= 15 is 0 Å². The van der Waals surface area contributed by atoms with E-state index in [4.69, 9.17) is 11.6 Å². The fourth-order valence-electron chi connectivity index (χ4n) is 4.00. The molecule has 1 N–H and O–H groups in total. The third-order valence-corrected chi connectivity index (χ3v) is 7.31. The molecular weight excluding hydrogens is 462 g/mol. The standard InChI is InChI=1S/C24H30ClN3O4S/c1-18(24(30)26-20-12-6-7-13-20)27(16-19-10-4-3-5-11-19)23(29)17-28(33(2,31)32)22-15-9-8-14-21(22)25/h3-5,8-11,14-15,18,20H,6-7,12-13,16-17H2,1-2H3,(H,26,30)/t18-/m1/s1. The molecule has 0 spiro atoms. The Morgan fingerprint density at radius 3 is 2.27 bits per heavy atom. The van der Waals surface area contributed by atoms with E-state index in [1.165, 1.54) is 4.90 Å². The number of benzene rings is 2. The number of amides is 2. The van der Waals surface area contributed by atoms with E-state index in [1.807, 2.05) is 30.3 Å². The highest BCUT2D eigenvalue weighted by molar-refractivity contribution is 7.92. The van der Waals surface area contributed by atoms with Crippen molar-refractivity contribution in [3.8, 4) is 0 Å². The number of carbonyl (C=O) groups excluding carboxylic acids is 2. The zero-order valence-corrected chi connectivity index (χ0v) is 20.5. The van der Waals surface area contributed by atoms with Crippen molar-refractivity contribution in [3.05, 3.63) is 65.2 Å². The van der Waals surface area contributed by atoms with Crippen LogP contribution in [0.3, 0.4) is 0 Å². The van der Waals surface area contributed by atoms with Crippen LogP contribution in [-0.2, 0) is 26.2 Å². The highest BCUT2D eigenvalue weighted by Crippen LogP contribution is 2.27. The largest absolute Gasteiger partial charge is 0.352 e. The molecule has 0 heterocycles. The first kappa shape index (κ1) is 25.1. The fourth-order valence-corrected chi connectivity index (χ4v) is 5.15. The minimum absolute atomic E-state index is 0.115. The van der Waals surface area contributed by atoms with E-state index in [2.05, 4.69) is 5.32 Å². The molecule has 178 valence electrons. The topological polar surface area (TPSA) is 86.8 Å². The Morgan fingerprint density at radius 2 is 1.67 bits per heavy atom. The number of hydrogen-bond acceptors (Lipinski definition) is 4. The molecule has 0 radical (unpaired) electrons. The molecule has 3 rings (SSSR count). The van der Waals surface area contributed by atoms with Crippen molar-refractivity contribution in [3.63, 3.8) is 0 Å². The molecule has 0 aliphatic heterocycles. The van der Waals surface area contributed by atoms with Gasteiger partial charge in [0.2, 0.25) is 21.8 Å². The first-order valence-corrected chi connectivity index (χ1v) is 13.3. The number of nitrogens with one attached hydrogen (secondary N) is 1. The highest BCUT2D eigenvalue weighted by atomic mass is 35.5. The van der Waals surface area contributed by atoms with Crippen molar-refractivity contribution < 1.29 is 18.0 Å². The van der Waals surface area contributed by atoms with Crippen LogP contribution in [0.1, 0.15) is 38.2 Å². The van der Waals surface area contributed by atoms with E-state index in [0.29, 0.717) is 0 Å². The van der Waals surface area contributed by atoms with E-state index in [9.17, 15) is 18.0 Å². The van der Waals surface area contributed by atoms with Crippen LogP contribution in [0.2, 0.25) is 5.02 Å². The Hall–Kier alpha value is -2.58. The predicted octanol–water partition coefficient (Wildman–Crippen LogP) is 3.58. The summed E-state index contributed by atoms with van der Waals surface area (Å²) in [7, 11) is -3.81. The number of hydrogen-bond donors (Lipinski definition) is 1. The molecule has 2 aromatic carbocycles. The van der Waals surface area contributed by atoms with Gasteiger partial charge in [0.05, 0.1) is 17.0 Å². The Labute approximate surface area is 200 Å². The van der Waals surface area contributed by atoms with Gasteiger partial charge in [0.15, 0.2) is 0 Å². The Balaban J connectivity index is 1.86.